The van der Waals surface area contributed by atoms with Crippen LogP contribution in [0.25, 0.3) is 11.4 Å². The molecule has 3 nitrogen and oxygen atoms in total. The zero-order valence-corrected chi connectivity index (χ0v) is 10.2. The fourth-order valence-corrected chi connectivity index (χ4v) is 1.83. The van der Waals surface area contributed by atoms with Gasteiger partial charge in [-0.2, -0.15) is 0 Å². The fraction of sp³-hybridized carbons (Fsp3) is 0.0833. The lowest BCUT2D eigenvalue weighted by Gasteiger charge is -2.04. The van der Waals surface area contributed by atoms with Crippen LogP contribution in [0.3, 0.4) is 0 Å². The summed E-state index contributed by atoms with van der Waals surface area (Å²) < 4.78 is 0.938. The number of halogens is 1. The van der Waals surface area contributed by atoms with Crippen LogP contribution in [-0.2, 0) is 0 Å². The number of hydrogen-bond donors (Lipinski definition) is 0. The molecule has 0 unspecified atom stereocenters. The van der Waals surface area contributed by atoms with Crippen LogP contribution in [0.4, 0.5) is 0 Å². The number of carbonyl (C=O) groups is 1. The van der Waals surface area contributed by atoms with Crippen LogP contribution in [0, 0.1) is 6.92 Å². The van der Waals surface area contributed by atoms with Gasteiger partial charge in [-0.25, -0.2) is 9.97 Å². The third kappa shape index (κ3) is 2.02. The summed E-state index contributed by atoms with van der Waals surface area (Å²) in [5, 5.41) is 0. The van der Waals surface area contributed by atoms with Gasteiger partial charge in [0.1, 0.15) is 0 Å². The highest BCUT2D eigenvalue weighted by atomic mass is 79.9. The van der Waals surface area contributed by atoms with E-state index < -0.39 is 0 Å². The van der Waals surface area contributed by atoms with Crippen LogP contribution in [0.5, 0.6) is 0 Å². The molecule has 0 atom stereocenters. The van der Waals surface area contributed by atoms with E-state index in [0.717, 1.165) is 16.3 Å². The Balaban J connectivity index is 2.54. The molecule has 16 heavy (non-hydrogen) atoms. The highest BCUT2D eigenvalue weighted by molar-refractivity contribution is 9.10. The Morgan fingerprint density at radius 3 is 2.69 bits per heavy atom. The van der Waals surface area contributed by atoms with Crippen molar-refractivity contribution in [3.63, 3.8) is 0 Å². The van der Waals surface area contributed by atoms with Gasteiger partial charge in [-0.3, -0.25) is 4.79 Å². The Bertz CT molecular complexity index is 540. The maximum atomic E-state index is 10.7. The maximum Gasteiger partial charge on any atom is 0.160 e. The summed E-state index contributed by atoms with van der Waals surface area (Å²) in [7, 11) is 0. The molecule has 2 aromatic rings. The predicted molar refractivity (Wildman–Crippen MR) is 65.3 cm³/mol. The molecule has 0 aliphatic heterocycles. The van der Waals surface area contributed by atoms with Gasteiger partial charge in [0.2, 0.25) is 0 Å². The molecule has 0 bridgehead atoms. The highest BCUT2D eigenvalue weighted by Crippen LogP contribution is 2.25. The molecule has 0 amide bonds. The van der Waals surface area contributed by atoms with Crippen molar-refractivity contribution in [2.24, 2.45) is 0 Å². The molecule has 1 heterocycles. The van der Waals surface area contributed by atoms with Gasteiger partial charge in [-0.15, -0.1) is 0 Å². The summed E-state index contributed by atoms with van der Waals surface area (Å²) >= 11 is 3.44. The Labute approximate surface area is 102 Å². The highest BCUT2D eigenvalue weighted by Gasteiger charge is 2.07. The second kappa shape index (κ2) is 4.53. The first-order valence-electron chi connectivity index (χ1n) is 4.76. The molecule has 0 aliphatic carbocycles. The van der Waals surface area contributed by atoms with Crippen molar-refractivity contribution in [1.29, 1.82) is 0 Å². The summed E-state index contributed by atoms with van der Waals surface area (Å²) in [6.07, 6.45) is 2.31. The molecular formula is C12H9BrN2O. The Hall–Kier alpha value is -1.55. The SMILES string of the molecule is Cc1nc(-c2ccccc2Br)ncc1C=O. The molecule has 0 saturated carbocycles. The van der Waals surface area contributed by atoms with Gasteiger partial charge in [-0.1, -0.05) is 34.1 Å². The smallest absolute Gasteiger partial charge is 0.160 e. The van der Waals surface area contributed by atoms with Gasteiger partial charge in [0, 0.05) is 16.2 Å². The van der Waals surface area contributed by atoms with Crippen LogP contribution in [-0.4, -0.2) is 16.3 Å². The first-order chi connectivity index (χ1) is 7.72. The third-order valence-corrected chi connectivity index (χ3v) is 2.95. The summed E-state index contributed by atoms with van der Waals surface area (Å²) in [5.41, 5.74) is 2.13. The number of aromatic nitrogens is 2. The van der Waals surface area contributed by atoms with Crippen LogP contribution in [0.15, 0.2) is 34.9 Å². The monoisotopic (exact) mass is 276 g/mol. The van der Waals surface area contributed by atoms with Crippen molar-refractivity contribution in [3.8, 4) is 11.4 Å². The molecule has 4 heteroatoms. The van der Waals surface area contributed by atoms with E-state index in [1.54, 1.807) is 13.1 Å². The average Bonchev–Trinajstić information content (AvgIpc) is 2.29. The van der Waals surface area contributed by atoms with E-state index in [2.05, 4.69) is 25.9 Å². The molecule has 1 aromatic carbocycles. The third-order valence-electron chi connectivity index (χ3n) is 2.26. The summed E-state index contributed by atoms with van der Waals surface area (Å²) in [4.78, 5) is 19.1. The maximum absolute atomic E-state index is 10.7. The van der Waals surface area contributed by atoms with Gasteiger partial charge in [0.15, 0.2) is 12.1 Å². The molecule has 0 spiro atoms. The normalized spacial score (nSPS) is 10.1. The molecule has 0 N–H and O–H groups in total. The number of nitrogens with zero attached hydrogens (tertiary/aromatic N) is 2. The van der Waals surface area contributed by atoms with Crippen molar-refractivity contribution in [2.75, 3.05) is 0 Å². The van der Waals surface area contributed by atoms with Crippen LogP contribution in [0.2, 0.25) is 0 Å². The molecular weight excluding hydrogens is 268 g/mol. The summed E-state index contributed by atoms with van der Waals surface area (Å²) in [6, 6.07) is 7.72. The van der Waals surface area contributed by atoms with Crippen molar-refractivity contribution >= 4 is 22.2 Å². The molecule has 80 valence electrons. The molecule has 0 aliphatic rings. The topological polar surface area (TPSA) is 42.9 Å². The van der Waals surface area contributed by atoms with E-state index in [-0.39, 0.29) is 0 Å². The van der Waals surface area contributed by atoms with E-state index in [0.29, 0.717) is 17.1 Å². The van der Waals surface area contributed by atoms with Gasteiger partial charge < -0.3 is 0 Å². The van der Waals surface area contributed by atoms with Crippen molar-refractivity contribution < 1.29 is 4.79 Å². The lowest BCUT2D eigenvalue weighted by molar-refractivity contribution is 0.112. The second-order valence-electron chi connectivity index (χ2n) is 3.33. The molecule has 2 rings (SSSR count). The minimum atomic E-state index is 0.524. The van der Waals surface area contributed by atoms with E-state index in [1.807, 2.05) is 24.3 Å². The predicted octanol–water partition coefficient (Wildman–Crippen LogP) is 3.03. The van der Waals surface area contributed by atoms with E-state index in [1.165, 1.54) is 0 Å². The fourth-order valence-electron chi connectivity index (χ4n) is 1.36. The minimum Gasteiger partial charge on any atom is -0.298 e. The zero-order valence-electron chi connectivity index (χ0n) is 8.64. The summed E-state index contributed by atoms with van der Waals surface area (Å²) in [5.74, 6) is 0.621. The van der Waals surface area contributed by atoms with Crippen molar-refractivity contribution in [2.45, 2.75) is 6.92 Å². The van der Waals surface area contributed by atoms with Gasteiger partial charge >= 0.3 is 0 Å². The molecule has 0 saturated heterocycles. The lowest BCUT2D eigenvalue weighted by atomic mass is 10.2. The Morgan fingerprint density at radius 1 is 1.31 bits per heavy atom. The van der Waals surface area contributed by atoms with Crippen molar-refractivity contribution in [1.82, 2.24) is 9.97 Å². The van der Waals surface area contributed by atoms with Gasteiger partial charge in [-0.05, 0) is 13.0 Å². The first-order valence-corrected chi connectivity index (χ1v) is 5.55. The van der Waals surface area contributed by atoms with Crippen LogP contribution in [0.1, 0.15) is 16.1 Å². The second-order valence-corrected chi connectivity index (χ2v) is 4.19. The van der Waals surface area contributed by atoms with E-state index >= 15 is 0 Å². The van der Waals surface area contributed by atoms with E-state index in [4.69, 9.17) is 0 Å². The van der Waals surface area contributed by atoms with E-state index in [9.17, 15) is 4.79 Å². The summed E-state index contributed by atoms with van der Waals surface area (Å²) in [6.45, 7) is 1.80. The Morgan fingerprint density at radius 2 is 2.06 bits per heavy atom. The number of benzene rings is 1. The lowest BCUT2D eigenvalue weighted by Crippen LogP contribution is -1.97. The number of hydrogen-bond acceptors (Lipinski definition) is 3. The number of carbonyl (C=O) groups excluding carboxylic acids is 1. The van der Waals surface area contributed by atoms with Gasteiger partial charge in [0.05, 0.1) is 11.3 Å². The molecule has 0 radical (unpaired) electrons. The van der Waals surface area contributed by atoms with Crippen LogP contribution >= 0.6 is 15.9 Å². The van der Waals surface area contributed by atoms with Crippen LogP contribution < -0.4 is 0 Å². The molecule has 1 aromatic heterocycles. The largest absolute Gasteiger partial charge is 0.298 e. The Kier molecular flexibility index (Phi) is 3.10. The van der Waals surface area contributed by atoms with Crippen molar-refractivity contribution in [3.05, 3.63) is 46.2 Å². The number of aldehydes is 1. The zero-order chi connectivity index (χ0) is 11.5. The quantitative estimate of drug-likeness (QED) is 0.792. The van der Waals surface area contributed by atoms with Gasteiger partial charge in [0.25, 0.3) is 0 Å². The number of rotatable bonds is 2. The standard InChI is InChI=1S/C12H9BrN2O/c1-8-9(7-16)6-14-12(15-8)10-4-2-3-5-11(10)13/h2-7H,1H3. The average molecular weight is 277 g/mol. The molecule has 0 fully saturated rings. The first kappa shape index (κ1) is 11.0. The minimum absolute atomic E-state index is 0.524. The number of aryl methyl sites for hydroxylation is 1.